The van der Waals surface area contributed by atoms with Gasteiger partial charge in [-0.2, -0.15) is 0 Å². The summed E-state index contributed by atoms with van der Waals surface area (Å²) in [4.78, 5) is 24.9. The minimum absolute atomic E-state index is 0.215. The van der Waals surface area contributed by atoms with E-state index in [0.29, 0.717) is 0 Å². The second kappa shape index (κ2) is 4.65. The van der Waals surface area contributed by atoms with Crippen LogP contribution in [0.25, 0.3) is 0 Å². The van der Waals surface area contributed by atoms with Gasteiger partial charge in [-0.05, 0) is 6.92 Å². The van der Waals surface area contributed by atoms with Gasteiger partial charge < -0.3 is 20.1 Å². The van der Waals surface area contributed by atoms with Gasteiger partial charge in [0, 0.05) is 11.8 Å². The van der Waals surface area contributed by atoms with Gasteiger partial charge in [0.25, 0.3) is 5.56 Å². The third-order valence-electron chi connectivity index (χ3n) is 2.89. The average molecular weight is 258 g/mol. The zero-order valence-electron chi connectivity index (χ0n) is 9.61. The minimum Gasteiger partial charge on any atom is -0.388 e. The van der Waals surface area contributed by atoms with E-state index in [1.165, 1.54) is 13.1 Å². The topological polar surface area (TPSA) is 125 Å². The zero-order chi connectivity index (χ0) is 13.4. The first-order valence-electron chi connectivity index (χ1n) is 5.39. The smallest absolute Gasteiger partial charge is 0.330 e. The normalized spacial score (nSPS) is 32.4. The molecule has 4 N–H and O–H groups in total. The molecular weight excluding hydrogens is 244 g/mol. The highest BCUT2D eigenvalue weighted by Gasteiger charge is 2.39. The van der Waals surface area contributed by atoms with Crippen molar-refractivity contribution in [2.24, 2.45) is 0 Å². The van der Waals surface area contributed by atoms with E-state index in [0.717, 1.165) is 4.57 Å². The van der Waals surface area contributed by atoms with Crippen molar-refractivity contribution in [2.45, 2.75) is 31.5 Å². The SMILES string of the molecule is Cc1cn([C@H]2OC[C@@H](O)[C@@H](O)[C@H]2O)c(=O)[nH]c1=O. The monoisotopic (exact) mass is 258 g/mol. The number of rotatable bonds is 1. The lowest BCUT2D eigenvalue weighted by Crippen LogP contribution is -2.52. The van der Waals surface area contributed by atoms with Crippen LogP contribution in [0.1, 0.15) is 11.8 Å². The van der Waals surface area contributed by atoms with E-state index < -0.39 is 35.8 Å². The molecule has 1 aliphatic rings. The Morgan fingerprint density at radius 1 is 1.33 bits per heavy atom. The number of aliphatic hydroxyl groups excluding tert-OH is 3. The van der Waals surface area contributed by atoms with Crippen LogP contribution in [0.5, 0.6) is 0 Å². The van der Waals surface area contributed by atoms with Crippen molar-refractivity contribution in [1.29, 1.82) is 0 Å². The fourth-order valence-corrected chi connectivity index (χ4v) is 1.81. The number of nitrogens with zero attached hydrogens (tertiary/aromatic N) is 1. The molecule has 2 rings (SSSR count). The number of aromatic nitrogens is 2. The average Bonchev–Trinajstić information content (AvgIpc) is 2.32. The molecular formula is C10H14N2O6. The molecule has 0 aromatic carbocycles. The highest BCUT2D eigenvalue weighted by atomic mass is 16.5. The molecule has 1 saturated heterocycles. The summed E-state index contributed by atoms with van der Waals surface area (Å²) in [7, 11) is 0. The molecule has 0 bridgehead atoms. The molecule has 8 nitrogen and oxygen atoms in total. The van der Waals surface area contributed by atoms with Gasteiger partial charge >= 0.3 is 5.69 Å². The van der Waals surface area contributed by atoms with Crippen LogP contribution in [0.2, 0.25) is 0 Å². The third kappa shape index (κ3) is 2.10. The van der Waals surface area contributed by atoms with Gasteiger partial charge in [-0.15, -0.1) is 0 Å². The Labute approximate surface area is 101 Å². The van der Waals surface area contributed by atoms with Crippen LogP contribution in [-0.2, 0) is 4.74 Å². The summed E-state index contributed by atoms with van der Waals surface area (Å²) in [5.74, 6) is 0. The molecule has 18 heavy (non-hydrogen) atoms. The first-order valence-corrected chi connectivity index (χ1v) is 5.39. The number of nitrogens with one attached hydrogen (secondary N) is 1. The van der Waals surface area contributed by atoms with Gasteiger partial charge in [0.15, 0.2) is 6.23 Å². The maximum absolute atomic E-state index is 11.6. The Morgan fingerprint density at radius 3 is 2.67 bits per heavy atom. The highest BCUT2D eigenvalue weighted by Crippen LogP contribution is 2.22. The predicted molar refractivity (Wildman–Crippen MR) is 59.1 cm³/mol. The van der Waals surface area contributed by atoms with Crippen LogP contribution in [0.4, 0.5) is 0 Å². The fourth-order valence-electron chi connectivity index (χ4n) is 1.81. The van der Waals surface area contributed by atoms with Crippen molar-refractivity contribution >= 4 is 0 Å². The maximum Gasteiger partial charge on any atom is 0.330 e. The molecule has 0 spiro atoms. The molecule has 1 aliphatic heterocycles. The van der Waals surface area contributed by atoms with Crippen molar-refractivity contribution in [2.75, 3.05) is 6.61 Å². The van der Waals surface area contributed by atoms with Gasteiger partial charge in [0.1, 0.15) is 18.3 Å². The first kappa shape index (κ1) is 13.0. The summed E-state index contributed by atoms with van der Waals surface area (Å²) in [5, 5.41) is 28.6. The number of hydrogen-bond donors (Lipinski definition) is 4. The third-order valence-corrected chi connectivity index (χ3v) is 2.89. The van der Waals surface area contributed by atoms with Gasteiger partial charge in [0.05, 0.1) is 6.61 Å². The summed E-state index contributed by atoms with van der Waals surface area (Å²) in [6.45, 7) is 1.28. The van der Waals surface area contributed by atoms with Crippen LogP contribution >= 0.6 is 0 Å². The summed E-state index contributed by atoms with van der Waals surface area (Å²) in [6, 6.07) is 0. The van der Waals surface area contributed by atoms with Crippen LogP contribution in [0.15, 0.2) is 15.8 Å². The lowest BCUT2D eigenvalue weighted by molar-refractivity contribution is -0.212. The molecule has 1 aromatic heterocycles. The molecule has 0 aliphatic carbocycles. The molecule has 8 heteroatoms. The van der Waals surface area contributed by atoms with Crippen molar-refractivity contribution in [1.82, 2.24) is 9.55 Å². The number of aryl methyl sites for hydroxylation is 1. The summed E-state index contributed by atoms with van der Waals surface area (Å²) in [6.07, 6.45) is -4.00. The molecule has 0 unspecified atom stereocenters. The van der Waals surface area contributed by atoms with E-state index in [4.69, 9.17) is 4.74 Å². The number of ether oxygens (including phenoxy) is 1. The number of aromatic amines is 1. The number of hydrogen-bond acceptors (Lipinski definition) is 6. The largest absolute Gasteiger partial charge is 0.388 e. The summed E-state index contributed by atoms with van der Waals surface area (Å²) in [5.41, 5.74) is -1.01. The quantitative estimate of drug-likeness (QED) is 0.440. The molecule has 4 atom stereocenters. The molecule has 1 aromatic rings. The highest BCUT2D eigenvalue weighted by molar-refractivity contribution is 5.02. The Bertz CT molecular complexity index is 550. The standard InChI is InChI=1S/C10H14N2O6/c1-4-2-12(10(17)11-8(4)16)9-7(15)6(14)5(13)3-18-9/h2,5-7,9,13-15H,3H2,1H3,(H,11,16,17)/t5-,6-,7-,9+/m1/s1. The van der Waals surface area contributed by atoms with Gasteiger partial charge in [-0.3, -0.25) is 14.3 Å². The Hall–Kier alpha value is -1.48. The molecule has 2 heterocycles. The molecule has 1 fully saturated rings. The second-order valence-electron chi connectivity index (χ2n) is 4.25. The van der Waals surface area contributed by atoms with Crippen LogP contribution in [0.3, 0.4) is 0 Å². The Balaban J connectivity index is 2.41. The van der Waals surface area contributed by atoms with Crippen molar-refractivity contribution in [3.63, 3.8) is 0 Å². The molecule has 0 saturated carbocycles. The molecule has 0 amide bonds. The lowest BCUT2D eigenvalue weighted by Gasteiger charge is -2.35. The zero-order valence-corrected chi connectivity index (χ0v) is 9.61. The Kier molecular flexibility index (Phi) is 3.35. The van der Waals surface area contributed by atoms with E-state index in [2.05, 4.69) is 4.98 Å². The Morgan fingerprint density at radius 2 is 2.00 bits per heavy atom. The predicted octanol–water partition coefficient (Wildman–Crippen LogP) is -2.54. The van der Waals surface area contributed by atoms with Crippen molar-refractivity contribution < 1.29 is 20.1 Å². The summed E-state index contributed by atoms with van der Waals surface area (Å²) < 4.78 is 6.10. The fraction of sp³-hybridized carbons (Fsp3) is 0.600. The second-order valence-corrected chi connectivity index (χ2v) is 4.25. The molecule has 100 valence electrons. The number of H-pyrrole nitrogens is 1. The van der Waals surface area contributed by atoms with Crippen molar-refractivity contribution in [3.05, 3.63) is 32.6 Å². The van der Waals surface area contributed by atoms with Gasteiger partial charge in [-0.1, -0.05) is 0 Å². The van der Waals surface area contributed by atoms with E-state index in [1.54, 1.807) is 0 Å². The van der Waals surface area contributed by atoms with Crippen molar-refractivity contribution in [3.8, 4) is 0 Å². The van der Waals surface area contributed by atoms with Crippen LogP contribution in [0, 0.1) is 6.92 Å². The van der Waals surface area contributed by atoms with E-state index >= 15 is 0 Å². The molecule has 0 radical (unpaired) electrons. The van der Waals surface area contributed by atoms with Crippen LogP contribution in [-0.4, -0.2) is 49.8 Å². The van der Waals surface area contributed by atoms with E-state index in [9.17, 15) is 24.9 Å². The lowest BCUT2D eigenvalue weighted by atomic mass is 10.0. The summed E-state index contributed by atoms with van der Waals surface area (Å²) >= 11 is 0. The number of aliphatic hydroxyl groups is 3. The van der Waals surface area contributed by atoms with Gasteiger partial charge in [0.2, 0.25) is 0 Å². The first-order chi connectivity index (χ1) is 8.41. The minimum atomic E-state index is -1.46. The van der Waals surface area contributed by atoms with E-state index in [-0.39, 0.29) is 12.2 Å². The van der Waals surface area contributed by atoms with Gasteiger partial charge in [-0.25, -0.2) is 4.79 Å². The maximum atomic E-state index is 11.6. The van der Waals surface area contributed by atoms with E-state index in [1.807, 2.05) is 0 Å². The van der Waals surface area contributed by atoms with Crippen LogP contribution < -0.4 is 11.2 Å².